The fourth-order valence-electron chi connectivity index (χ4n) is 9.16. The van der Waals surface area contributed by atoms with E-state index in [2.05, 4.69) is 218 Å². The Labute approximate surface area is 422 Å². The molecular weight excluding hydrogens is 1080 g/mol. The van der Waals surface area contributed by atoms with Crippen LogP contribution < -0.4 is 4.40 Å². The number of fused-ring (bicyclic) bond motifs is 4. The Bertz CT molecular complexity index is 3490. The Morgan fingerprint density at radius 1 is 0.536 bits per heavy atom. The molecule has 1 radical (unpaired) electrons. The smallest absolute Gasteiger partial charge is 0 e. The fourth-order valence-corrected chi connectivity index (χ4v) is 11.3. The van der Waals surface area contributed by atoms with Crippen molar-refractivity contribution >= 4 is 50.6 Å². The van der Waals surface area contributed by atoms with Crippen LogP contribution in [-0.4, -0.2) is 27.8 Å². The number of rotatable bonds is 9. The molecule has 0 N–H and O–H groups in total. The van der Waals surface area contributed by atoms with Crippen molar-refractivity contribution in [3.63, 3.8) is 0 Å². The molecule has 343 valence electrons. The first-order valence-corrected chi connectivity index (χ1v) is 31.0. The molecule has 69 heavy (non-hydrogen) atoms. The van der Waals surface area contributed by atoms with Crippen LogP contribution in [0, 0.1) is 12.1 Å². The molecule has 3 aromatic heterocycles. The molecule has 0 aliphatic carbocycles. The largest absolute Gasteiger partial charge is 0 e. The fraction of sp³-hybridized carbons (Fsp3) is 0.143. The quantitative estimate of drug-likeness (QED) is 0.107. The van der Waals surface area contributed by atoms with Gasteiger partial charge in [-0.2, -0.15) is 0 Å². The van der Waals surface area contributed by atoms with Crippen LogP contribution in [0.5, 0.6) is 0 Å². The zero-order chi connectivity index (χ0) is 46.9. The zero-order valence-electron chi connectivity index (χ0n) is 40.2. The van der Waals surface area contributed by atoms with E-state index in [9.17, 15) is 0 Å². The summed E-state index contributed by atoms with van der Waals surface area (Å²) in [5, 5.41) is 2.14. The number of aromatic nitrogens is 3. The van der Waals surface area contributed by atoms with E-state index >= 15 is 0 Å². The Morgan fingerprint density at radius 2 is 1.13 bits per heavy atom. The molecule has 0 unspecified atom stereocenters. The number of imidazole rings is 1. The number of para-hydroxylation sites is 2. The van der Waals surface area contributed by atoms with E-state index in [1.807, 2.05) is 42.6 Å². The summed E-state index contributed by atoms with van der Waals surface area (Å²) in [7, 11) is 0. The molecule has 8 aromatic carbocycles. The summed E-state index contributed by atoms with van der Waals surface area (Å²) < 4.78 is 10.6. The Balaban J connectivity index is 0.000000296. The maximum Gasteiger partial charge on any atom is 0 e. The molecule has 0 saturated heterocycles. The Kier molecular flexibility index (Phi) is 13.9. The van der Waals surface area contributed by atoms with E-state index in [-0.39, 0.29) is 31.9 Å². The number of furan rings is 1. The number of pyridine rings is 1. The van der Waals surface area contributed by atoms with E-state index in [0.29, 0.717) is 0 Å². The average Bonchev–Trinajstić information content (AvgIpc) is 3.95. The third kappa shape index (κ3) is 9.70. The molecule has 0 spiro atoms. The molecule has 4 nitrogen and oxygen atoms in total. The van der Waals surface area contributed by atoms with Crippen molar-refractivity contribution in [2.45, 2.75) is 56.8 Å². The van der Waals surface area contributed by atoms with Crippen LogP contribution in [0.1, 0.15) is 50.7 Å². The zero-order valence-corrected chi connectivity index (χ0v) is 44.7. The second-order valence-corrected chi connectivity index (χ2v) is 29.9. The molecule has 0 amide bonds. The van der Waals surface area contributed by atoms with Gasteiger partial charge < -0.3 is 8.98 Å². The summed E-state index contributed by atoms with van der Waals surface area (Å²) >= 11 is -1.72. The van der Waals surface area contributed by atoms with Gasteiger partial charge in [-0.25, -0.2) is 0 Å². The van der Waals surface area contributed by atoms with Crippen molar-refractivity contribution in [2.75, 3.05) is 0 Å². The minimum absolute atomic E-state index is 0. The van der Waals surface area contributed by atoms with Crippen molar-refractivity contribution in [1.82, 2.24) is 14.5 Å². The first-order valence-electron chi connectivity index (χ1n) is 23.7. The van der Waals surface area contributed by atoms with Gasteiger partial charge in [0.15, 0.2) is 0 Å². The van der Waals surface area contributed by atoms with Crippen LogP contribution in [0.25, 0.3) is 94.7 Å². The maximum absolute atomic E-state index is 6.78. The number of benzene rings is 8. The van der Waals surface area contributed by atoms with Crippen LogP contribution in [0.4, 0.5) is 0 Å². The second-order valence-electron chi connectivity index (χ2n) is 19.2. The summed E-state index contributed by atoms with van der Waals surface area (Å²) in [6.45, 7) is 9.17. The van der Waals surface area contributed by atoms with Crippen LogP contribution in [0.3, 0.4) is 0 Å². The van der Waals surface area contributed by atoms with Gasteiger partial charge in [-0.1, -0.05) is 148 Å². The summed E-state index contributed by atoms with van der Waals surface area (Å²) in [5.74, 6) is 8.49. The van der Waals surface area contributed by atoms with E-state index in [1.54, 1.807) is 0 Å². The van der Waals surface area contributed by atoms with Gasteiger partial charge in [0.2, 0.25) is 0 Å². The summed E-state index contributed by atoms with van der Waals surface area (Å²) in [4.78, 5) is 9.87. The van der Waals surface area contributed by atoms with E-state index < -0.39 is 13.3 Å². The third-order valence-corrected chi connectivity index (χ3v) is 17.2. The standard InChI is InChI=1S/C49H39N2O.C14H16GeN.Ir/c1-31(2)42-28-38(36-24-22-35(23-25-36)33-14-7-5-8-15-33)29-43(32(3)4)47(42)51-45-21-12-11-20-44(45)50-49(51)41-19-13-18-40-39-27-26-37(30-46(39)52-48(40)41)34-16-9-6-10-17-34;1-15(2,3)13-9-10-14(16-11-13)12-7-5-4-6-8-12;/h5-18,20-32H,1-4H3;4-7,9-11H,1-3H3;/q2*-1;. The molecule has 0 fully saturated rings. The second kappa shape index (κ2) is 20.1. The van der Waals surface area contributed by atoms with Crippen molar-refractivity contribution in [3.8, 4) is 61.7 Å². The van der Waals surface area contributed by atoms with Crippen molar-refractivity contribution in [1.29, 1.82) is 0 Å². The molecule has 3 heterocycles. The van der Waals surface area contributed by atoms with Gasteiger partial charge in [0.1, 0.15) is 5.58 Å². The topological polar surface area (TPSA) is 43.9 Å². The molecular formula is C63H55GeIrN3O-2. The molecule has 0 aliphatic rings. The predicted octanol–water partition coefficient (Wildman–Crippen LogP) is 16.7. The van der Waals surface area contributed by atoms with Crippen molar-refractivity contribution in [2.24, 2.45) is 0 Å². The Hall–Kier alpha value is -6.63. The van der Waals surface area contributed by atoms with E-state index in [4.69, 9.17) is 9.40 Å². The molecule has 6 heteroatoms. The van der Waals surface area contributed by atoms with E-state index in [0.717, 1.165) is 66.7 Å². The van der Waals surface area contributed by atoms with Gasteiger partial charge in [0.05, 0.1) is 22.4 Å². The number of hydrogen-bond acceptors (Lipinski definition) is 3. The van der Waals surface area contributed by atoms with Crippen LogP contribution in [0.2, 0.25) is 17.3 Å². The van der Waals surface area contributed by atoms with Crippen molar-refractivity contribution < 1.29 is 24.5 Å². The summed E-state index contributed by atoms with van der Waals surface area (Å²) in [5.41, 5.74) is 17.5. The van der Waals surface area contributed by atoms with Crippen molar-refractivity contribution in [3.05, 3.63) is 218 Å². The first kappa shape index (κ1) is 47.4. The maximum atomic E-state index is 6.78. The number of nitrogens with zero attached hydrogens (tertiary/aromatic N) is 3. The van der Waals surface area contributed by atoms with Gasteiger partial charge in [-0.15, -0.1) is 18.2 Å². The van der Waals surface area contributed by atoms with Gasteiger partial charge in [-0.05, 0) is 86.7 Å². The van der Waals surface area contributed by atoms with Gasteiger partial charge in [0, 0.05) is 31.2 Å². The monoisotopic (exact) mass is 1140 g/mol. The van der Waals surface area contributed by atoms with E-state index in [1.165, 1.54) is 43.5 Å². The molecule has 0 saturated carbocycles. The molecule has 0 aliphatic heterocycles. The van der Waals surface area contributed by atoms with Crippen LogP contribution in [0.15, 0.2) is 199 Å². The minimum atomic E-state index is -1.72. The van der Waals surface area contributed by atoms with Gasteiger partial charge >= 0.3 is 99.8 Å². The summed E-state index contributed by atoms with van der Waals surface area (Å²) in [6.07, 6.45) is 2.04. The summed E-state index contributed by atoms with van der Waals surface area (Å²) in [6, 6.07) is 72.9. The number of hydrogen-bond donors (Lipinski definition) is 0. The van der Waals surface area contributed by atoms with Crippen LogP contribution in [-0.2, 0) is 20.1 Å². The minimum Gasteiger partial charge on any atom is 0 e. The molecule has 11 rings (SSSR count). The van der Waals surface area contributed by atoms with Gasteiger partial charge in [0.25, 0.3) is 0 Å². The molecule has 11 aromatic rings. The molecule has 0 atom stereocenters. The SMILES string of the molecule is CC(C)c1cc(-c2ccc(-c3ccccc3)cc2)cc(C(C)C)c1-n1c(-c2[c-]ccc3c2oc2cc(-c4ccccc4)ccc23)nc2ccccc21.[CH3][Ge]([CH3])([CH3])[c]1ccc(-c2[c-]cccc2)nc1.[Ir]. The molecule has 0 bridgehead atoms. The average molecular weight is 1130 g/mol. The third-order valence-electron chi connectivity index (χ3n) is 12.9. The van der Waals surface area contributed by atoms with Crippen LogP contribution >= 0.6 is 0 Å². The Morgan fingerprint density at radius 3 is 1.74 bits per heavy atom. The first-order chi connectivity index (χ1) is 33.0. The normalized spacial score (nSPS) is 11.6. The van der Waals surface area contributed by atoms with Gasteiger partial charge in [-0.3, -0.25) is 4.98 Å². The predicted molar refractivity (Wildman–Crippen MR) is 289 cm³/mol.